The summed E-state index contributed by atoms with van der Waals surface area (Å²) in [5.74, 6) is -3.02. The Morgan fingerprint density at radius 3 is 2.19 bits per heavy atom. The zero-order chi connectivity index (χ0) is 12.8. The molecule has 8 nitrogen and oxygen atoms in total. The number of hydrogen-bond acceptors (Lipinski definition) is 5. The van der Waals surface area contributed by atoms with Crippen LogP contribution in [0.2, 0.25) is 0 Å². The molecule has 0 aliphatic carbocycles. The van der Waals surface area contributed by atoms with E-state index >= 15 is 0 Å². The predicted molar refractivity (Wildman–Crippen MR) is 52.7 cm³/mol. The Bertz CT molecular complexity index is 350. The molecule has 0 spiro atoms. The molecular weight excluding hydrogens is 242 g/mol. The lowest BCUT2D eigenvalue weighted by molar-refractivity contribution is -0.140. The van der Waals surface area contributed by atoms with Crippen LogP contribution in [-0.2, 0) is 19.7 Å². The summed E-state index contributed by atoms with van der Waals surface area (Å²) in [4.78, 5) is 20.8. The molecule has 1 atom stereocenters. The Morgan fingerprint density at radius 2 is 1.81 bits per heavy atom. The molecule has 0 aromatic carbocycles. The lowest BCUT2D eigenvalue weighted by atomic mass is 10.1. The second kappa shape index (κ2) is 6.40. The molecule has 0 aliphatic heterocycles. The van der Waals surface area contributed by atoms with Crippen molar-refractivity contribution in [2.45, 2.75) is 18.9 Å². The highest BCUT2D eigenvalue weighted by Crippen LogP contribution is 1.97. The number of nitrogens with one attached hydrogen (secondary N) is 1. The van der Waals surface area contributed by atoms with Gasteiger partial charge in [-0.15, -0.1) is 0 Å². The van der Waals surface area contributed by atoms with Crippen LogP contribution in [0.1, 0.15) is 12.8 Å². The molecular formula is C7H13NO7S. The first-order chi connectivity index (χ1) is 7.22. The molecule has 0 aromatic rings. The van der Waals surface area contributed by atoms with Crippen molar-refractivity contribution in [2.75, 3.05) is 12.3 Å². The minimum atomic E-state index is -4.15. The Labute approximate surface area is 92.0 Å². The second-order valence-corrected chi connectivity index (χ2v) is 4.64. The van der Waals surface area contributed by atoms with Crippen LogP contribution in [0.25, 0.3) is 0 Å². The summed E-state index contributed by atoms with van der Waals surface area (Å²) in [5, 5.41) is 19.3. The molecule has 0 aliphatic rings. The Hall–Kier alpha value is -1.19. The Morgan fingerprint density at radius 1 is 1.25 bits per heavy atom. The third-order valence-corrected chi connectivity index (χ3v) is 2.42. The normalized spacial score (nSPS) is 13.3. The summed E-state index contributed by atoms with van der Waals surface area (Å²) >= 11 is 0. The van der Waals surface area contributed by atoms with Gasteiger partial charge in [0.15, 0.2) is 0 Å². The predicted octanol–water partition coefficient (Wildman–Crippen LogP) is -1.22. The number of hydrogen-bond donors (Lipinski definition) is 4. The quantitative estimate of drug-likeness (QED) is 0.395. The van der Waals surface area contributed by atoms with Gasteiger partial charge in [-0.1, -0.05) is 0 Å². The van der Waals surface area contributed by atoms with E-state index in [1.807, 2.05) is 0 Å². The van der Waals surface area contributed by atoms with E-state index in [4.69, 9.17) is 14.8 Å². The highest BCUT2D eigenvalue weighted by Gasteiger charge is 2.18. The molecule has 0 aromatic heterocycles. The summed E-state index contributed by atoms with van der Waals surface area (Å²) in [5.41, 5.74) is 0. The van der Waals surface area contributed by atoms with E-state index in [-0.39, 0.29) is 19.4 Å². The van der Waals surface area contributed by atoms with Crippen LogP contribution in [0.3, 0.4) is 0 Å². The molecule has 16 heavy (non-hydrogen) atoms. The minimum absolute atomic E-state index is 0.157. The van der Waals surface area contributed by atoms with Crippen molar-refractivity contribution in [3.63, 3.8) is 0 Å². The van der Waals surface area contributed by atoms with Crippen molar-refractivity contribution in [3.05, 3.63) is 0 Å². The van der Waals surface area contributed by atoms with Crippen molar-refractivity contribution in [1.82, 2.24) is 5.32 Å². The monoisotopic (exact) mass is 255 g/mol. The third kappa shape index (κ3) is 8.15. The lowest BCUT2D eigenvalue weighted by Crippen LogP contribution is -2.39. The van der Waals surface area contributed by atoms with Crippen molar-refractivity contribution in [1.29, 1.82) is 0 Å². The number of carboxylic acid groups (broad SMARTS) is 2. The molecule has 0 fully saturated rings. The number of carbonyl (C=O) groups is 2. The van der Waals surface area contributed by atoms with Crippen LogP contribution in [0.15, 0.2) is 0 Å². The maximum absolute atomic E-state index is 10.6. The van der Waals surface area contributed by atoms with E-state index in [1.54, 1.807) is 0 Å². The molecule has 0 saturated heterocycles. The molecule has 94 valence electrons. The van der Waals surface area contributed by atoms with Gasteiger partial charge in [0.1, 0.15) is 6.04 Å². The molecule has 9 heteroatoms. The van der Waals surface area contributed by atoms with Gasteiger partial charge in [0.25, 0.3) is 10.1 Å². The zero-order valence-corrected chi connectivity index (χ0v) is 9.11. The first-order valence-electron chi connectivity index (χ1n) is 4.35. The zero-order valence-electron chi connectivity index (χ0n) is 8.29. The van der Waals surface area contributed by atoms with E-state index in [2.05, 4.69) is 5.32 Å². The van der Waals surface area contributed by atoms with Crippen molar-refractivity contribution in [2.24, 2.45) is 0 Å². The fourth-order valence-electron chi connectivity index (χ4n) is 0.943. The van der Waals surface area contributed by atoms with E-state index < -0.39 is 33.9 Å². The van der Waals surface area contributed by atoms with Gasteiger partial charge in [-0.3, -0.25) is 14.1 Å². The van der Waals surface area contributed by atoms with Gasteiger partial charge in [0.05, 0.1) is 5.75 Å². The van der Waals surface area contributed by atoms with E-state index in [9.17, 15) is 18.0 Å². The molecule has 0 saturated carbocycles. The van der Waals surface area contributed by atoms with Gasteiger partial charge in [0, 0.05) is 13.0 Å². The topological polar surface area (TPSA) is 141 Å². The molecule has 4 N–H and O–H groups in total. The second-order valence-electron chi connectivity index (χ2n) is 3.06. The van der Waals surface area contributed by atoms with Gasteiger partial charge in [-0.05, 0) is 6.42 Å². The van der Waals surface area contributed by atoms with Crippen LogP contribution in [0, 0.1) is 0 Å². The summed E-state index contributed by atoms with van der Waals surface area (Å²) in [7, 11) is -4.15. The number of rotatable bonds is 8. The average molecular weight is 255 g/mol. The third-order valence-electron chi connectivity index (χ3n) is 1.70. The Kier molecular flexibility index (Phi) is 5.93. The maximum atomic E-state index is 10.6. The van der Waals surface area contributed by atoms with Gasteiger partial charge in [-0.2, -0.15) is 8.42 Å². The summed E-state index contributed by atoms with van der Waals surface area (Å²) < 4.78 is 29.0. The van der Waals surface area contributed by atoms with Gasteiger partial charge < -0.3 is 15.5 Å². The van der Waals surface area contributed by atoms with E-state index in [1.165, 1.54) is 0 Å². The van der Waals surface area contributed by atoms with Crippen molar-refractivity contribution >= 4 is 22.1 Å². The van der Waals surface area contributed by atoms with Crippen LogP contribution in [0.5, 0.6) is 0 Å². The minimum Gasteiger partial charge on any atom is -0.481 e. The van der Waals surface area contributed by atoms with Gasteiger partial charge in [0.2, 0.25) is 0 Å². The fraction of sp³-hybridized carbons (Fsp3) is 0.714. The van der Waals surface area contributed by atoms with Crippen LogP contribution in [-0.4, -0.2) is 53.5 Å². The van der Waals surface area contributed by atoms with Crippen LogP contribution >= 0.6 is 0 Å². The first-order valence-corrected chi connectivity index (χ1v) is 5.96. The standard InChI is InChI=1S/C7H13NO7S/c9-6(10)2-1-5(7(11)12)8-3-4-16(13,14)15/h5,8H,1-4H2,(H,9,10)(H,11,12)(H,13,14,15)/t5-/m0/s1. The van der Waals surface area contributed by atoms with Crippen LogP contribution < -0.4 is 5.32 Å². The van der Waals surface area contributed by atoms with Crippen LogP contribution in [0.4, 0.5) is 0 Å². The molecule has 0 amide bonds. The number of aliphatic carboxylic acids is 2. The highest BCUT2D eigenvalue weighted by atomic mass is 32.2. The van der Waals surface area contributed by atoms with E-state index in [0.717, 1.165) is 0 Å². The van der Waals surface area contributed by atoms with Gasteiger partial charge in [-0.25, -0.2) is 0 Å². The SMILES string of the molecule is O=C(O)CC[C@H](NCCS(=O)(=O)O)C(=O)O. The Balaban J connectivity index is 4.05. The smallest absolute Gasteiger partial charge is 0.320 e. The maximum Gasteiger partial charge on any atom is 0.320 e. The first kappa shape index (κ1) is 14.8. The molecule has 0 heterocycles. The summed E-state index contributed by atoms with van der Waals surface area (Å²) in [6.45, 7) is -0.255. The summed E-state index contributed by atoms with van der Waals surface area (Å²) in [6.07, 6.45) is -0.494. The molecule has 0 radical (unpaired) electrons. The molecule has 0 unspecified atom stereocenters. The highest BCUT2D eigenvalue weighted by molar-refractivity contribution is 7.85. The average Bonchev–Trinajstić information content (AvgIpc) is 2.07. The molecule has 0 rings (SSSR count). The van der Waals surface area contributed by atoms with Crippen molar-refractivity contribution in [3.8, 4) is 0 Å². The fourth-order valence-corrected chi connectivity index (χ4v) is 1.32. The molecule has 0 bridgehead atoms. The largest absolute Gasteiger partial charge is 0.481 e. The van der Waals surface area contributed by atoms with Gasteiger partial charge >= 0.3 is 11.9 Å². The lowest BCUT2D eigenvalue weighted by Gasteiger charge is -2.12. The van der Waals surface area contributed by atoms with E-state index in [0.29, 0.717) is 0 Å². The summed E-state index contributed by atoms with van der Waals surface area (Å²) in [6, 6.07) is -1.14. The van der Waals surface area contributed by atoms with Crippen molar-refractivity contribution < 1.29 is 32.8 Å². The number of carboxylic acids is 2.